The van der Waals surface area contributed by atoms with Gasteiger partial charge in [0.05, 0.1) is 0 Å². The first-order chi connectivity index (χ1) is 5.94. The number of hydrogen-bond donors (Lipinski definition) is 2. The molecular formula is C9H18N2O2. The van der Waals surface area contributed by atoms with E-state index in [-0.39, 0.29) is 24.0 Å². The molecule has 0 saturated carbocycles. The number of likely N-dealkylation sites (tertiary alicyclic amines) is 1. The molecule has 4 heteroatoms. The zero-order valence-corrected chi connectivity index (χ0v) is 8.29. The summed E-state index contributed by atoms with van der Waals surface area (Å²) in [4.78, 5) is 13.1. The highest BCUT2D eigenvalue weighted by atomic mass is 16.3. The quantitative estimate of drug-likeness (QED) is 0.628. The molecule has 0 aromatic heterocycles. The van der Waals surface area contributed by atoms with Gasteiger partial charge in [0.2, 0.25) is 5.91 Å². The van der Waals surface area contributed by atoms with Crippen LogP contribution in [0.15, 0.2) is 0 Å². The topological polar surface area (TPSA) is 66.6 Å². The second-order valence-electron chi connectivity index (χ2n) is 4.56. The molecule has 0 bridgehead atoms. The number of nitrogens with zero attached hydrogens (tertiary/aromatic N) is 1. The van der Waals surface area contributed by atoms with Gasteiger partial charge in [-0.3, -0.25) is 4.79 Å². The number of nitrogens with two attached hydrogens (primary N) is 1. The van der Waals surface area contributed by atoms with Crippen molar-refractivity contribution in [3.8, 4) is 0 Å². The molecule has 1 aliphatic heterocycles. The van der Waals surface area contributed by atoms with E-state index in [2.05, 4.69) is 0 Å². The lowest BCUT2D eigenvalue weighted by atomic mass is 9.94. The molecule has 4 nitrogen and oxygen atoms in total. The van der Waals surface area contributed by atoms with Gasteiger partial charge in [-0.05, 0) is 0 Å². The number of aliphatic hydroxyl groups is 1. The minimum Gasteiger partial charge on any atom is -0.396 e. The Hall–Kier alpha value is -0.610. The molecular weight excluding hydrogens is 168 g/mol. The van der Waals surface area contributed by atoms with Crippen molar-refractivity contribution < 1.29 is 9.90 Å². The number of amides is 1. The molecule has 0 aromatic carbocycles. The molecule has 0 aromatic rings. The van der Waals surface area contributed by atoms with Crippen molar-refractivity contribution in [2.45, 2.75) is 26.3 Å². The van der Waals surface area contributed by atoms with Crippen molar-refractivity contribution in [2.75, 3.05) is 19.7 Å². The minimum atomic E-state index is -0.222. The van der Waals surface area contributed by atoms with Crippen LogP contribution in [0.4, 0.5) is 0 Å². The third-order valence-corrected chi connectivity index (χ3v) is 2.29. The Morgan fingerprint density at radius 1 is 1.69 bits per heavy atom. The highest BCUT2D eigenvalue weighted by Gasteiger charge is 2.31. The summed E-state index contributed by atoms with van der Waals surface area (Å²) in [6.45, 7) is 5.18. The van der Waals surface area contributed by atoms with Crippen LogP contribution >= 0.6 is 0 Å². The third kappa shape index (κ3) is 2.67. The van der Waals surface area contributed by atoms with E-state index in [4.69, 9.17) is 10.8 Å². The molecule has 1 heterocycles. The highest BCUT2D eigenvalue weighted by molar-refractivity contribution is 5.79. The second kappa shape index (κ2) is 3.64. The molecule has 76 valence electrons. The van der Waals surface area contributed by atoms with E-state index in [0.717, 1.165) is 0 Å². The fourth-order valence-electron chi connectivity index (χ4n) is 1.52. The molecule has 1 unspecified atom stereocenters. The number of carbonyl (C=O) groups excluding carboxylic acids is 1. The SMILES string of the molecule is CC(C)(CO)CN1CC(N)CC1=O. The van der Waals surface area contributed by atoms with Crippen LogP contribution in [-0.4, -0.2) is 41.7 Å². The van der Waals surface area contributed by atoms with Gasteiger partial charge >= 0.3 is 0 Å². The fourth-order valence-corrected chi connectivity index (χ4v) is 1.52. The van der Waals surface area contributed by atoms with Gasteiger partial charge in [0.1, 0.15) is 0 Å². The van der Waals surface area contributed by atoms with Crippen LogP contribution in [0.3, 0.4) is 0 Å². The van der Waals surface area contributed by atoms with Gasteiger partial charge in [0, 0.05) is 37.6 Å². The lowest BCUT2D eigenvalue weighted by Gasteiger charge is -2.28. The number of carbonyl (C=O) groups is 1. The predicted molar refractivity (Wildman–Crippen MR) is 50.0 cm³/mol. The summed E-state index contributed by atoms with van der Waals surface area (Å²) in [7, 11) is 0. The maximum Gasteiger partial charge on any atom is 0.224 e. The molecule has 1 aliphatic rings. The maximum atomic E-state index is 11.3. The summed E-state index contributed by atoms with van der Waals surface area (Å²) in [5.41, 5.74) is 5.43. The van der Waals surface area contributed by atoms with Crippen LogP contribution < -0.4 is 5.73 Å². The van der Waals surface area contributed by atoms with Crippen LogP contribution in [0.1, 0.15) is 20.3 Å². The van der Waals surface area contributed by atoms with E-state index in [0.29, 0.717) is 19.5 Å². The smallest absolute Gasteiger partial charge is 0.224 e. The van der Waals surface area contributed by atoms with Gasteiger partial charge in [-0.2, -0.15) is 0 Å². The first kappa shape index (κ1) is 10.5. The molecule has 0 spiro atoms. The van der Waals surface area contributed by atoms with E-state index in [9.17, 15) is 4.79 Å². The summed E-state index contributed by atoms with van der Waals surface area (Å²) >= 11 is 0. The zero-order chi connectivity index (χ0) is 10.1. The van der Waals surface area contributed by atoms with Gasteiger partial charge in [-0.15, -0.1) is 0 Å². The average molecular weight is 186 g/mol. The number of hydrogen-bond acceptors (Lipinski definition) is 3. The Morgan fingerprint density at radius 3 is 2.69 bits per heavy atom. The van der Waals surface area contributed by atoms with Crippen molar-refractivity contribution in [1.29, 1.82) is 0 Å². The van der Waals surface area contributed by atoms with Crippen molar-refractivity contribution in [2.24, 2.45) is 11.1 Å². The van der Waals surface area contributed by atoms with Crippen molar-refractivity contribution in [3.05, 3.63) is 0 Å². The van der Waals surface area contributed by atoms with Gasteiger partial charge in [0.25, 0.3) is 0 Å². The average Bonchev–Trinajstić information content (AvgIpc) is 2.30. The zero-order valence-electron chi connectivity index (χ0n) is 8.29. The molecule has 3 N–H and O–H groups in total. The summed E-state index contributed by atoms with van der Waals surface area (Å²) in [5, 5.41) is 9.04. The van der Waals surface area contributed by atoms with Crippen LogP contribution in [-0.2, 0) is 4.79 Å². The van der Waals surface area contributed by atoms with Crippen LogP contribution in [0.5, 0.6) is 0 Å². The lowest BCUT2D eigenvalue weighted by Crippen LogP contribution is -2.38. The van der Waals surface area contributed by atoms with Gasteiger partial charge < -0.3 is 15.7 Å². The Bertz CT molecular complexity index is 204. The standard InChI is InChI=1S/C9H18N2O2/c1-9(2,6-12)5-11-4-7(10)3-8(11)13/h7,12H,3-6,10H2,1-2H3. The Balaban J connectivity index is 2.50. The van der Waals surface area contributed by atoms with Gasteiger partial charge in [-0.25, -0.2) is 0 Å². The Kier molecular flexibility index (Phi) is 2.93. The molecule has 1 fully saturated rings. The Labute approximate surface area is 78.7 Å². The third-order valence-electron chi connectivity index (χ3n) is 2.29. The molecule has 0 radical (unpaired) electrons. The van der Waals surface area contributed by atoms with Crippen molar-refractivity contribution in [1.82, 2.24) is 4.90 Å². The molecule has 13 heavy (non-hydrogen) atoms. The minimum absolute atomic E-state index is 0.0259. The van der Waals surface area contributed by atoms with E-state index in [1.807, 2.05) is 13.8 Å². The van der Waals surface area contributed by atoms with E-state index >= 15 is 0 Å². The summed E-state index contributed by atoms with van der Waals surface area (Å²) in [6, 6.07) is -0.0259. The fraction of sp³-hybridized carbons (Fsp3) is 0.889. The monoisotopic (exact) mass is 186 g/mol. The van der Waals surface area contributed by atoms with Crippen molar-refractivity contribution in [3.63, 3.8) is 0 Å². The number of rotatable bonds is 3. The van der Waals surface area contributed by atoms with Crippen LogP contribution in [0, 0.1) is 5.41 Å². The number of aliphatic hydroxyl groups excluding tert-OH is 1. The first-order valence-electron chi connectivity index (χ1n) is 4.59. The van der Waals surface area contributed by atoms with E-state index < -0.39 is 0 Å². The summed E-state index contributed by atoms with van der Waals surface area (Å²) in [6.07, 6.45) is 0.446. The lowest BCUT2D eigenvalue weighted by molar-refractivity contribution is -0.129. The molecule has 1 amide bonds. The highest BCUT2D eigenvalue weighted by Crippen LogP contribution is 2.19. The molecule has 0 aliphatic carbocycles. The first-order valence-corrected chi connectivity index (χ1v) is 4.59. The van der Waals surface area contributed by atoms with E-state index in [1.54, 1.807) is 4.90 Å². The molecule has 1 rings (SSSR count). The molecule has 1 atom stereocenters. The van der Waals surface area contributed by atoms with Gasteiger partial charge in [0.15, 0.2) is 0 Å². The molecule has 1 saturated heterocycles. The van der Waals surface area contributed by atoms with Crippen molar-refractivity contribution >= 4 is 5.91 Å². The van der Waals surface area contributed by atoms with Crippen LogP contribution in [0.25, 0.3) is 0 Å². The second-order valence-corrected chi connectivity index (χ2v) is 4.56. The van der Waals surface area contributed by atoms with Gasteiger partial charge in [-0.1, -0.05) is 13.8 Å². The largest absolute Gasteiger partial charge is 0.396 e. The maximum absolute atomic E-state index is 11.3. The van der Waals surface area contributed by atoms with Crippen LogP contribution in [0.2, 0.25) is 0 Å². The van der Waals surface area contributed by atoms with E-state index in [1.165, 1.54) is 0 Å². The predicted octanol–water partition coefficient (Wildman–Crippen LogP) is -0.435. The normalized spacial score (nSPS) is 24.2. The summed E-state index contributed by atoms with van der Waals surface area (Å²) < 4.78 is 0. The summed E-state index contributed by atoms with van der Waals surface area (Å²) in [5.74, 6) is 0.106. The Morgan fingerprint density at radius 2 is 2.31 bits per heavy atom.